The van der Waals surface area contributed by atoms with Gasteiger partial charge in [0.2, 0.25) is 5.91 Å². The van der Waals surface area contributed by atoms with Crippen LogP contribution in [-0.4, -0.2) is 18.0 Å². The molecule has 0 unspecified atom stereocenters. The van der Waals surface area contributed by atoms with Crippen molar-refractivity contribution in [2.45, 2.75) is 58.4 Å². The Morgan fingerprint density at radius 1 is 1.22 bits per heavy atom. The standard InChI is InChI=1S/C22H30N2O2S/c1-3-4-5-16-6-8-17(9-7-16)21(25)23-14-19-15-27-22(24-19)18-10-12-20(26-2)13-11-18/h10-13,15-17H,3-9,14H2,1-2H3,(H,23,25). The molecule has 1 aromatic heterocycles. The van der Waals surface area contributed by atoms with Crippen LogP contribution < -0.4 is 10.1 Å². The number of aromatic nitrogens is 1. The van der Waals surface area contributed by atoms with E-state index in [1.54, 1.807) is 18.4 Å². The molecule has 0 saturated heterocycles. The number of nitrogens with zero attached hydrogens (tertiary/aromatic N) is 1. The van der Waals surface area contributed by atoms with Gasteiger partial charge in [0, 0.05) is 16.9 Å². The number of benzene rings is 1. The van der Waals surface area contributed by atoms with Crippen LogP contribution in [0.1, 0.15) is 57.6 Å². The molecule has 2 aromatic rings. The predicted molar refractivity (Wildman–Crippen MR) is 111 cm³/mol. The predicted octanol–water partition coefficient (Wildman–Crippen LogP) is 5.43. The van der Waals surface area contributed by atoms with Gasteiger partial charge in [-0.05, 0) is 55.9 Å². The first-order valence-electron chi connectivity index (χ1n) is 10.1. The third-order valence-corrected chi connectivity index (χ3v) is 6.46. The molecule has 1 aliphatic rings. The minimum Gasteiger partial charge on any atom is -0.497 e. The quantitative estimate of drug-likeness (QED) is 0.658. The van der Waals surface area contributed by atoms with Gasteiger partial charge in [0.1, 0.15) is 10.8 Å². The highest BCUT2D eigenvalue weighted by atomic mass is 32.1. The van der Waals surface area contributed by atoms with E-state index in [2.05, 4.69) is 17.2 Å². The lowest BCUT2D eigenvalue weighted by atomic mass is 9.79. The maximum absolute atomic E-state index is 12.5. The number of thiazole rings is 1. The number of nitrogens with one attached hydrogen (secondary N) is 1. The number of carbonyl (C=O) groups is 1. The van der Waals surface area contributed by atoms with Gasteiger partial charge in [0.25, 0.3) is 0 Å². The average molecular weight is 387 g/mol. The summed E-state index contributed by atoms with van der Waals surface area (Å²) >= 11 is 1.61. The lowest BCUT2D eigenvalue weighted by molar-refractivity contribution is -0.126. The monoisotopic (exact) mass is 386 g/mol. The SMILES string of the molecule is CCCCC1CCC(C(=O)NCc2csc(-c3ccc(OC)cc3)n2)CC1. The molecule has 1 N–H and O–H groups in total. The molecule has 0 atom stereocenters. The molecule has 5 heteroatoms. The van der Waals surface area contributed by atoms with E-state index in [0.717, 1.165) is 40.8 Å². The van der Waals surface area contributed by atoms with E-state index in [9.17, 15) is 4.79 Å². The number of ether oxygens (including phenoxy) is 1. The summed E-state index contributed by atoms with van der Waals surface area (Å²) in [7, 11) is 1.66. The molecule has 1 aliphatic carbocycles. The van der Waals surface area contributed by atoms with Gasteiger partial charge < -0.3 is 10.1 Å². The summed E-state index contributed by atoms with van der Waals surface area (Å²) in [4.78, 5) is 17.2. The molecule has 4 nitrogen and oxygen atoms in total. The van der Waals surface area contributed by atoms with Crippen molar-refractivity contribution in [3.05, 3.63) is 35.3 Å². The Morgan fingerprint density at radius 3 is 2.63 bits per heavy atom. The molecular formula is C22H30N2O2S. The number of carbonyl (C=O) groups excluding carboxylic acids is 1. The van der Waals surface area contributed by atoms with Crippen LogP contribution >= 0.6 is 11.3 Å². The Hall–Kier alpha value is -1.88. The molecule has 0 aliphatic heterocycles. The van der Waals surface area contributed by atoms with Crippen LogP contribution in [0, 0.1) is 11.8 Å². The van der Waals surface area contributed by atoms with Gasteiger partial charge in [0.15, 0.2) is 0 Å². The van der Waals surface area contributed by atoms with Crippen molar-refractivity contribution in [3.8, 4) is 16.3 Å². The van der Waals surface area contributed by atoms with Gasteiger partial charge in [-0.25, -0.2) is 4.98 Å². The van der Waals surface area contributed by atoms with Crippen molar-refractivity contribution in [2.24, 2.45) is 11.8 Å². The summed E-state index contributed by atoms with van der Waals surface area (Å²) < 4.78 is 5.19. The molecule has 3 rings (SSSR count). The first kappa shape index (κ1) is 19.9. The lowest BCUT2D eigenvalue weighted by Crippen LogP contribution is -2.32. The van der Waals surface area contributed by atoms with Gasteiger partial charge >= 0.3 is 0 Å². The molecule has 27 heavy (non-hydrogen) atoms. The van der Waals surface area contributed by atoms with Gasteiger partial charge in [0.05, 0.1) is 19.3 Å². The van der Waals surface area contributed by atoms with Crippen LogP contribution in [0.25, 0.3) is 10.6 Å². The van der Waals surface area contributed by atoms with Crippen molar-refractivity contribution in [1.29, 1.82) is 0 Å². The van der Waals surface area contributed by atoms with E-state index in [4.69, 9.17) is 4.74 Å². The third-order valence-electron chi connectivity index (χ3n) is 5.52. The summed E-state index contributed by atoms with van der Waals surface area (Å²) in [6, 6.07) is 7.90. The number of amides is 1. The molecule has 0 bridgehead atoms. The van der Waals surface area contributed by atoms with Crippen molar-refractivity contribution < 1.29 is 9.53 Å². The Labute approximate surface area is 166 Å². The van der Waals surface area contributed by atoms with Crippen molar-refractivity contribution >= 4 is 17.2 Å². The second-order valence-corrected chi connectivity index (χ2v) is 8.31. The number of hydrogen-bond donors (Lipinski definition) is 1. The molecule has 1 saturated carbocycles. The van der Waals surface area contributed by atoms with Crippen molar-refractivity contribution in [1.82, 2.24) is 10.3 Å². The largest absolute Gasteiger partial charge is 0.497 e. The molecule has 0 spiro atoms. The fraction of sp³-hybridized carbons (Fsp3) is 0.545. The maximum Gasteiger partial charge on any atom is 0.223 e. The van der Waals surface area contributed by atoms with Crippen LogP contribution in [0.4, 0.5) is 0 Å². The average Bonchev–Trinajstić information content (AvgIpc) is 3.20. The number of hydrogen-bond acceptors (Lipinski definition) is 4. The summed E-state index contributed by atoms with van der Waals surface area (Å²) in [5.74, 6) is 2.05. The Bertz CT molecular complexity index is 718. The normalized spacial score (nSPS) is 19.6. The van der Waals surface area contributed by atoms with E-state index in [1.165, 1.54) is 32.1 Å². The van der Waals surface area contributed by atoms with Gasteiger partial charge in [-0.1, -0.05) is 26.2 Å². The van der Waals surface area contributed by atoms with E-state index >= 15 is 0 Å². The highest BCUT2D eigenvalue weighted by Gasteiger charge is 2.25. The molecular weight excluding hydrogens is 356 g/mol. The zero-order valence-corrected chi connectivity index (χ0v) is 17.2. The van der Waals surface area contributed by atoms with Crippen molar-refractivity contribution in [2.75, 3.05) is 7.11 Å². The number of rotatable bonds is 8. The highest BCUT2D eigenvalue weighted by Crippen LogP contribution is 2.32. The first-order valence-corrected chi connectivity index (χ1v) is 10.9. The molecule has 0 radical (unpaired) electrons. The van der Waals surface area contributed by atoms with E-state index < -0.39 is 0 Å². The van der Waals surface area contributed by atoms with Crippen molar-refractivity contribution in [3.63, 3.8) is 0 Å². The fourth-order valence-electron chi connectivity index (χ4n) is 3.78. The van der Waals surface area contributed by atoms with Gasteiger partial charge in [-0.2, -0.15) is 0 Å². The van der Waals surface area contributed by atoms with Crippen LogP contribution in [0.5, 0.6) is 5.75 Å². The molecule has 1 amide bonds. The molecule has 1 aromatic carbocycles. The summed E-state index contributed by atoms with van der Waals surface area (Å²) in [6.45, 7) is 2.76. The van der Waals surface area contributed by atoms with Gasteiger partial charge in [-0.15, -0.1) is 11.3 Å². The zero-order chi connectivity index (χ0) is 19.1. The minimum atomic E-state index is 0.183. The van der Waals surface area contributed by atoms with Crippen LogP contribution in [0.15, 0.2) is 29.6 Å². The second-order valence-electron chi connectivity index (χ2n) is 7.45. The third kappa shape index (κ3) is 5.55. The number of methoxy groups -OCH3 is 1. The topological polar surface area (TPSA) is 51.2 Å². The molecule has 146 valence electrons. The lowest BCUT2D eigenvalue weighted by Gasteiger charge is -2.27. The Balaban J connectivity index is 1.46. The summed E-state index contributed by atoms with van der Waals surface area (Å²) in [6.07, 6.45) is 8.40. The first-order chi connectivity index (χ1) is 13.2. The van der Waals surface area contributed by atoms with Crippen LogP contribution in [-0.2, 0) is 11.3 Å². The molecule has 1 heterocycles. The van der Waals surface area contributed by atoms with Crippen LogP contribution in [0.2, 0.25) is 0 Å². The van der Waals surface area contributed by atoms with E-state index in [0.29, 0.717) is 6.54 Å². The number of unbranched alkanes of at least 4 members (excludes halogenated alkanes) is 1. The zero-order valence-electron chi connectivity index (χ0n) is 16.4. The Kier molecular flexibility index (Phi) is 7.27. The summed E-state index contributed by atoms with van der Waals surface area (Å²) in [5.41, 5.74) is 2.00. The fourth-order valence-corrected chi connectivity index (χ4v) is 4.61. The minimum absolute atomic E-state index is 0.183. The highest BCUT2D eigenvalue weighted by molar-refractivity contribution is 7.13. The van der Waals surface area contributed by atoms with Gasteiger partial charge in [-0.3, -0.25) is 4.79 Å². The smallest absolute Gasteiger partial charge is 0.223 e. The maximum atomic E-state index is 12.5. The van der Waals surface area contributed by atoms with E-state index in [-0.39, 0.29) is 11.8 Å². The summed E-state index contributed by atoms with van der Waals surface area (Å²) in [5, 5.41) is 6.09. The Morgan fingerprint density at radius 2 is 1.96 bits per heavy atom. The molecule has 1 fully saturated rings. The van der Waals surface area contributed by atoms with Crippen LogP contribution in [0.3, 0.4) is 0 Å². The second kappa shape index (κ2) is 9.88. The van der Waals surface area contributed by atoms with E-state index in [1.807, 2.05) is 29.6 Å².